The van der Waals surface area contributed by atoms with Gasteiger partial charge in [0.1, 0.15) is 6.33 Å². The Morgan fingerprint density at radius 1 is 0.947 bits per heavy atom. The molecule has 2 saturated heterocycles. The van der Waals surface area contributed by atoms with Gasteiger partial charge in [-0.05, 0) is 60.6 Å². The Labute approximate surface area is 227 Å². The Kier molecular flexibility index (Phi) is 7.40. The van der Waals surface area contributed by atoms with Crippen LogP contribution in [0.4, 0.5) is 5.69 Å². The highest BCUT2D eigenvalue weighted by molar-refractivity contribution is 8.18. The Balaban J connectivity index is 1.22. The molecule has 1 amide bonds. The summed E-state index contributed by atoms with van der Waals surface area (Å²) in [5.74, 6) is -0.188. The summed E-state index contributed by atoms with van der Waals surface area (Å²) in [7, 11) is 0. The molecule has 0 spiro atoms. The Morgan fingerprint density at radius 2 is 1.74 bits per heavy atom. The number of hydrogen-bond acceptors (Lipinski definition) is 8. The van der Waals surface area contributed by atoms with Gasteiger partial charge in [0.2, 0.25) is 0 Å². The zero-order chi connectivity index (χ0) is 25.9. The molecule has 1 aromatic heterocycles. The van der Waals surface area contributed by atoms with Gasteiger partial charge in [0.15, 0.2) is 5.17 Å². The van der Waals surface area contributed by atoms with Crippen LogP contribution in [0.25, 0.3) is 28.2 Å². The maximum Gasteiger partial charge on any atom is 0.286 e. The number of ether oxygens (including phenoxy) is 1. The number of amides is 1. The van der Waals surface area contributed by atoms with E-state index in [2.05, 4.69) is 66.9 Å². The molecule has 0 N–H and O–H groups in total. The molecule has 4 heterocycles. The van der Waals surface area contributed by atoms with Crippen molar-refractivity contribution in [2.45, 2.75) is 13.3 Å². The van der Waals surface area contributed by atoms with Crippen LogP contribution in [0.2, 0.25) is 0 Å². The molecule has 3 aliphatic rings. The van der Waals surface area contributed by atoms with Crippen molar-refractivity contribution in [2.75, 3.05) is 63.9 Å². The first-order valence-electron chi connectivity index (χ1n) is 13.4. The van der Waals surface area contributed by atoms with E-state index in [1.54, 1.807) is 6.33 Å². The number of rotatable bonds is 5. The topological polar surface area (TPSA) is 74.2 Å². The highest BCUT2D eigenvalue weighted by Crippen LogP contribution is 2.33. The van der Waals surface area contributed by atoms with Gasteiger partial charge in [0, 0.05) is 55.9 Å². The normalized spacial score (nSPS) is 20.0. The standard InChI is InChI=1S/C29H32N6O2S/c1-2-9-33-10-12-34(13-11-33)23-6-4-22(5-7-23)27-24-18-21(3-8-25(24)30-20-31-27)19-26-28(36)32-29(38-26)35-14-16-37-17-15-35/h3-8,18-20H,2,9-17H2,1H3/b26-19-. The number of fused-ring (bicyclic) bond motifs is 1. The molecule has 0 saturated carbocycles. The van der Waals surface area contributed by atoms with E-state index < -0.39 is 0 Å². The zero-order valence-electron chi connectivity index (χ0n) is 21.7. The highest BCUT2D eigenvalue weighted by atomic mass is 32.2. The molecule has 0 bridgehead atoms. The molecule has 38 heavy (non-hydrogen) atoms. The van der Waals surface area contributed by atoms with E-state index >= 15 is 0 Å². The number of thioether (sulfide) groups is 1. The summed E-state index contributed by atoms with van der Waals surface area (Å²) in [6.45, 7) is 10.6. The van der Waals surface area contributed by atoms with Crippen molar-refractivity contribution in [1.82, 2.24) is 19.8 Å². The fourth-order valence-corrected chi connectivity index (χ4v) is 6.17. The molecular weight excluding hydrogens is 496 g/mol. The number of piperazine rings is 1. The van der Waals surface area contributed by atoms with Crippen molar-refractivity contribution in [1.29, 1.82) is 0 Å². The summed E-state index contributed by atoms with van der Waals surface area (Å²) in [4.78, 5) is 33.8. The van der Waals surface area contributed by atoms with E-state index in [0.29, 0.717) is 18.1 Å². The predicted octanol–water partition coefficient (Wildman–Crippen LogP) is 4.13. The fraction of sp³-hybridized carbons (Fsp3) is 0.379. The molecule has 9 heteroatoms. The largest absolute Gasteiger partial charge is 0.378 e. The molecule has 0 unspecified atom stereocenters. The van der Waals surface area contributed by atoms with Crippen LogP contribution in [-0.4, -0.2) is 89.9 Å². The first-order chi connectivity index (χ1) is 18.7. The monoisotopic (exact) mass is 528 g/mol. The second kappa shape index (κ2) is 11.2. The van der Waals surface area contributed by atoms with Crippen LogP contribution in [0.15, 0.2) is 58.7 Å². The summed E-state index contributed by atoms with van der Waals surface area (Å²) in [6, 6.07) is 14.8. The van der Waals surface area contributed by atoms with Gasteiger partial charge < -0.3 is 14.5 Å². The number of carbonyl (C=O) groups excluding carboxylic acids is 1. The van der Waals surface area contributed by atoms with Crippen molar-refractivity contribution in [3.05, 3.63) is 59.3 Å². The first-order valence-corrected chi connectivity index (χ1v) is 14.2. The van der Waals surface area contributed by atoms with Crippen LogP contribution in [0.5, 0.6) is 0 Å². The third-order valence-corrected chi connectivity index (χ3v) is 8.31. The van der Waals surface area contributed by atoms with Crippen molar-refractivity contribution < 1.29 is 9.53 Å². The molecule has 8 nitrogen and oxygen atoms in total. The van der Waals surface area contributed by atoms with Crippen molar-refractivity contribution in [3.63, 3.8) is 0 Å². The van der Waals surface area contributed by atoms with Crippen LogP contribution in [0.3, 0.4) is 0 Å². The lowest BCUT2D eigenvalue weighted by atomic mass is 10.0. The lowest BCUT2D eigenvalue weighted by molar-refractivity contribution is -0.113. The summed E-state index contributed by atoms with van der Waals surface area (Å²) >= 11 is 1.44. The molecule has 3 aromatic rings. The van der Waals surface area contributed by atoms with Gasteiger partial charge in [-0.2, -0.15) is 4.99 Å². The Hall–Kier alpha value is -3.27. The van der Waals surface area contributed by atoms with E-state index in [4.69, 9.17) is 4.74 Å². The van der Waals surface area contributed by atoms with Crippen molar-refractivity contribution in [2.24, 2.45) is 4.99 Å². The fourth-order valence-electron chi connectivity index (χ4n) is 5.21. The summed E-state index contributed by atoms with van der Waals surface area (Å²) in [5, 5.41) is 1.73. The quantitative estimate of drug-likeness (QED) is 0.458. The van der Waals surface area contributed by atoms with E-state index in [-0.39, 0.29) is 5.91 Å². The second-order valence-electron chi connectivity index (χ2n) is 9.78. The van der Waals surface area contributed by atoms with Crippen molar-refractivity contribution in [3.8, 4) is 11.3 Å². The third-order valence-electron chi connectivity index (χ3n) is 7.27. The summed E-state index contributed by atoms with van der Waals surface area (Å²) in [6.07, 6.45) is 4.75. The Bertz CT molecular complexity index is 1380. The van der Waals surface area contributed by atoms with E-state index in [0.717, 1.165) is 72.2 Å². The molecule has 3 aliphatic heterocycles. The number of nitrogens with zero attached hydrogens (tertiary/aromatic N) is 6. The predicted molar refractivity (Wildman–Crippen MR) is 154 cm³/mol. The maximum absolute atomic E-state index is 12.6. The summed E-state index contributed by atoms with van der Waals surface area (Å²) in [5.41, 5.74) is 5.01. The van der Waals surface area contributed by atoms with Gasteiger partial charge in [0.05, 0.1) is 29.3 Å². The summed E-state index contributed by atoms with van der Waals surface area (Å²) < 4.78 is 5.43. The SMILES string of the molecule is CCCN1CCN(c2ccc(-c3ncnc4ccc(/C=C5\SC(N6CCOCC6)=NC5=O)cc34)cc2)CC1. The minimum absolute atomic E-state index is 0.188. The number of anilines is 1. The smallest absolute Gasteiger partial charge is 0.286 e. The van der Waals surface area contributed by atoms with Gasteiger partial charge in [-0.3, -0.25) is 9.69 Å². The van der Waals surface area contributed by atoms with Crippen LogP contribution < -0.4 is 4.90 Å². The minimum Gasteiger partial charge on any atom is -0.378 e. The maximum atomic E-state index is 12.6. The number of aromatic nitrogens is 2. The molecule has 2 aromatic carbocycles. The molecule has 6 rings (SSSR count). The van der Waals surface area contributed by atoms with Gasteiger partial charge in [0.25, 0.3) is 5.91 Å². The zero-order valence-corrected chi connectivity index (χ0v) is 22.5. The van der Waals surface area contributed by atoms with Crippen LogP contribution in [-0.2, 0) is 9.53 Å². The number of aliphatic imine (C=N–C) groups is 1. The van der Waals surface area contributed by atoms with Gasteiger partial charge in [-0.1, -0.05) is 25.1 Å². The number of morpholine rings is 1. The average Bonchev–Trinajstić information content (AvgIpc) is 3.33. The number of benzene rings is 2. The third kappa shape index (κ3) is 5.32. The van der Waals surface area contributed by atoms with Gasteiger partial charge in [-0.15, -0.1) is 0 Å². The number of amidine groups is 1. The van der Waals surface area contributed by atoms with Crippen LogP contribution >= 0.6 is 11.8 Å². The van der Waals surface area contributed by atoms with Crippen molar-refractivity contribution >= 4 is 45.5 Å². The van der Waals surface area contributed by atoms with E-state index in [1.165, 1.54) is 30.4 Å². The molecular formula is C29H32N6O2S. The van der Waals surface area contributed by atoms with E-state index in [1.807, 2.05) is 18.2 Å². The molecule has 0 radical (unpaired) electrons. The number of hydrogen-bond donors (Lipinski definition) is 0. The Morgan fingerprint density at radius 3 is 2.50 bits per heavy atom. The second-order valence-corrected chi connectivity index (χ2v) is 10.8. The molecule has 0 atom stereocenters. The van der Waals surface area contributed by atoms with Crippen LogP contribution in [0, 0.1) is 0 Å². The molecule has 196 valence electrons. The average molecular weight is 529 g/mol. The lowest BCUT2D eigenvalue weighted by Crippen LogP contribution is -2.46. The van der Waals surface area contributed by atoms with Gasteiger partial charge >= 0.3 is 0 Å². The molecule has 2 fully saturated rings. The number of carbonyl (C=O) groups is 1. The first kappa shape index (κ1) is 25.0. The van der Waals surface area contributed by atoms with Gasteiger partial charge in [-0.25, -0.2) is 9.97 Å². The highest BCUT2D eigenvalue weighted by Gasteiger charge is 2.27. The lowest BCUT2D eigenvalue weighted by Gasteiger charge is -2.36. The molecule has 0 aliphatic carbocycles. The minimum atomic E-state index is -0.188. The van der Waals surface area contributed by atoms with E-state index in [9.17, 15) is 4.79 Å². The van der Waals surface area contributed by atoms with Crippen LogP contribution in [0.1, 0.15) is 18.9 Å².